The van der Waals surface area contributed by atoms with Crippen LogP contribution in [0.2, 0.25) is 0 Å². The van der Waals surface area contributed by atoms with Crippen molar-refractivity contribution < 1.29 is 4.79 Å². The number of amides is 1. The van der Waals surface area contributed by atoms with Gasteiger partial charge < -0.3 is 15.5 Å². The highest BCUT2D eigenvalue weighted by Crippen LogP contribution is 1.93. The Hall–Kier alpha value is -1.46. The minimum Gasteiger partial charge on any atom is -0.356 e. The van der Waals surface area contributed by atoms with E-state index in [1.807, 2.05) is 37.3 Å². The number of rotatable bonds is 9. The summed E-state index contributed by atoms with van der Waals surface area (Å²) in [6, 6.07) is 3.98. The van der Waals surface area contributed by atoms with Crippen molar-refractivity contribution in [2.24, 2.45) is 0 Å². The number of hydrogen-bond donors (Lipinski definition) is 2. The Morgan fingerprint density at radius 3 is 2.89 bits per heavy atom. The number of nitrogens with one attached hydrogen (secondary N) is 2. The summed E-state index contributed by atoms with van der Waals surface area (Å²) in [5.41, 5.74) is 1.18. The molecular formula is C14H24N4O. The first-order valence-corrected chi connectivity index (χ1v) is 6.69. The largest absolute Gasteiger partial charge is 0.356 e. The molecule has 0 saturated heterocycles. The summed E-state index contributed by atoms with van der Waals surface area (Å²) in [7, 11) is 3.94. The summed E-state index contributed by atoms with van der Waals surface area (Å²) in [6.45, 7) is 3.24. The second-order valence-electron chi connectivity index (χ2n) is 4.79. The molecule has 1 aromatic heterocycles. The van der Waals surface area contributed by atoms with E-state index in [2.05, 4.69) is 15.6 Å². The van der Waals surface area contributed by atoms with Gasteiger partial charge in [-0.15, -0.1) is 0 Å². The maximum absolute atomic E-state index is 11.4. The van der Waals surface area contributed by atoms with Crippen LogP contribution in [0.4, 0.5) is 0 Å². The van der Waals surface area contributed by atoms with Gasteiger partial charge in [0.25, 0.3) is 0 Å². The molecule has 5 heteroatoms. The van der Waals surface area contributed by atoms with Crippen molar-refractivity contribution in [2.75, 3.05) is 33.7 Å². The zero-order chi connectivity index (χ0) is 13.9. The fraction of sp³-hybridized carbons (Fsp3) is 0.571. The molecule has 1 aromatic rings. The Bertz CT molecular complexity index is 354. The molecule has 5 nitrogen and oxygen atoms in total. The zero-order valence-corrected chi connectivity index (χ0v) is 11.9. The molecule has 0 bridgehead atoms. The van der Waals surface area contributed by atoms with Crippen molar-refractivity contribution in [3.63, 3.8) is 0 Å². The van der Waals surface area contributed by atoms with Crippen LogP contribution in [0.3, 0.4) is 0 Å². The highest BCUT2D eigenvalue weighted by molar-refractivity contribution is 5.75. The lowest BCUT2D eigenvalue weighted by Crippen LogP contribution is -2.29. The lowest BCUT2D eigenvalue weighted by atomic mass is 10.3. The second-order valence-corrected chi connectivity index (χ2v) is 4.79. The Labute approximate surface area is 115 Å². The number of hydrogen-bond acceptors (Lipinski definition) is 4. The standard InChI is InChI=1S/C14H24N4O/c1-18(2)10-6-14(19)17-9-4-8-16-12-13-5-3-7-15-11-13/h3,5,7,11,16H,4,6,8-10,12H2,1-2H3,(H,17,19). The van der Waals surface area contributed by atoms with Crippen LogP contribution in [0.5, 0.6) is 0 Å². The normalized spacial score (nSPS) is 10.7. The monoisotopic (exact) mass is 264 g/mol. The molecule has 0 aliphatic heterocycles. The van der Waals surface area contributed by atoms with Crippen molar-refractivity contribution in [3.8, 4) is 0 Å². The van der Waals surface area contributed by atoms with E-state index in [0.29, 0.717) is 6.42 Å². The Kier molecular flexibility index (Phi) is 7.77. The van der Waals surface area contributed by atoms with Crippen LogP contribution in [-0.2, 0) is 11.3 Å². The third-order valence-electron chi connectivity index (χ3n) is 2.69. The van der Waals surface area contributed by atoms with Gasteiger partial charge in [-0.2, -0.15) is 0 Å². The molecule has 19 heavy (non-hydrogen) atoms. The van der Waals surface area contributed by atoms with Crippen LogP contribution in [0, 0.1) is 0 Å². The Morgan fingerprint density at radius 1 is 1.37 bits per heavy atom. The highest BCUT2D eigenvalue weighted by atomic mass is 16.1. The zero-order valence-electron chi connectivity index (χ0n) is 11.9. The van der Waals surface area contributed by atoms with Gasteiger partial charge in [0.2, 0.25) is 5.91 Å². The van der Waals surface area contributed by atoms with Crippen LogP contribution in [0.1, 0.15) is 18.4 Å². The van der Waals surface area contributed by atoms with Crippen molar-refractivity contribution in [3.05, 3.63) is 30.1 Å². The molecular weight excluding hydrogens is 240 g/mol. The molecule has 1 rings (SSSR count). The SMILES string of the molecule is CN(C)CCC(=O)NCCCNCc1cccnc1. The van der Waals surface area contributed by atoms with Crippen LogP contribution < -0.4 is 10.6 Å². The Balaban J connectivity index is 1.95. The number of aromatic nitrogens is 1. The molecule has 0 spiro atoms. The minimum atomic E-state index is 0.126. The maximum Gasteiger partial charge on any atom is 0.221 e. The first-order chi connectivity index (χ1) is 9.18. The van der Waals surface area contributed by atoms with Gasteiger partial charge in [-0.25, -0.2) is 0 Å². The van der Waals surface area contributed by atoms with E-state index in [1.54, 1.807) is 6.20 Å². The smallest absolute Gasteiger partial charge is 0.221 e. The summed E-state index contributed by atoms with van der Waals surface area (Å²) in [4.78, 5) is 17.5. The summed E-state index contributed by atoms with van der Waals surface area (Å²) in [6.07, 6.45) is 5.13. The van der Waals surface area contributed by atoms with Crippen molar-refractivity contribution >= 4 is 5.91 Å². The van der Waals surface area contributed by atoms with Crippen LogP contribution in [0.15, 0.2) is 24.5 Å². The molecule has 0 unspecified atom stereocenters. The highest BCUT2D eigenvalue weighted by Gasteiger charge is 2.00. The molecule has 0 aliphatic carbocycles. The molecule has 0 saturated carbocycles. The van der Waals surface area contributed by atoms with Crippen LogP contribution in [-0.4, -0.2) is 49.5 Å². The first-order valence-electron chi connectivity index (χ1n) is 6.69. The van der Waals surface area contributed by atoms with Gasteiger partial charge in [-0.1, -0.05) is 6.07 Å². The van der Waals surface area contributed by atoms with Gasteiger partial charge in [-0.05, 0) is 38.7 Å². The third kappa shape index (κ3) is 8.29. The molecule has 0 radical (unpaired) electrons. The molecule has 0 aromatic carbocycles. The Morgan fingerprint density at radius 2 is 2.21 bits per heavy atom. The summed E-state index contributed by atoms with van der Waals surface area (Å²) < 4.78 is 0. The number of nitrogens with zero attached hydrogens (tertiary/aromatic N) is 2. The maximum atomic E-state index is 11.4. The van der Waals surface area contributed by atoms with E-state index in [0.717, 1.165) is 32.6 Å². The molecule has 2 N–H and O–H groups in total. The van der Waals surface area contributed by atoms with Crippen molar-refractivity contribution in [1.82, 2.24) is 20.5 Å². The summed E-state index contributed by atoms with van der Waals surface area (Å²) >= 11 is 0. The van der Waals surface area contributed by atoms with E-state index in [9.17, 15) is 4.79 Å². The van der Waals surface area contributed by atoms with E-state index >= 15 is 0 Å². The van der Waals surface area contributed by atoms with Crippen molar-refractivity contribution in [2.45, 2.75) is 19.4 Å². The van der Waals surface area contributed by atoms with E-state index < -0.39 is 0 Å². The quantitative estimate of drug-likeness (QED) is 0.642. The van der Waals surface area contributed by atoms with Gasteiger partial charge in [0.1, 0.15) is 0 Å². The molecule has 1 heterocycles. The van der Waals surface area contributed by atoms with E-state index in [-0.39, 0.29) is 5.91 Å². The molecule has 1 amide bonds. The third-order valence-corrected chi connectivity index (χ3v) is 2.69. The fourth-order valence-corrected chi connectivity index (χ4v) is 1.59. The number of carbonyl (C=O) groups is 1. The summed E-state index contributed by atoms with van der Waals surface area (Å²) in [5.74, 6) is 0.126. The van der Waals surface area contributed by atoms with E-state index in [4.69, 9.17) is 0 Å². The molecule has 106 valence electrons. The lowest BCUT2D eigenvalue weighted by molar-refractivity contribution is -0.121. The van der Waals surface area contributed by atoms with Gasteiger partial charge in [0.15, 0.2) is 0 Å². The number of carbonyl (C=O) groups excluding carboxylic acids is 1. The molecule has 0 fully saturated rings. The van der Waals surface area contributed by atoms with Gasteiger partial charge in [-0.3, -0.25) is 9.78 Å². The lowest BCUT2D eigenvalue weighted by Gasteiger charge is -2.09. The van der Waals surface area contributed by atoms with Gasteiger partial charge >= 0.3 is 0 Å². The summed E-state index contributed by atoms with van der Waals surface area (Å²) in [5, 5.41) is 6.24. The van der Waals surface area contributed by atoms with Crippen LogP contribution in [0.25, 0.3) is 0 Å². The average Bonchev–Trinajstić information content (AvgIpc) is 2.41. The van der Waals surface area contributed by atoms with Crippen LogP contribution >= 0.6 is 0 Å². The predicted molar refractivity (Wildman–Crippen MR) is 76.7 cm³/mol. The molecule has 0 atom stereocenters. The minimum absolute atomic E-state index is 0.126. The number of pyridine rings is 1. The molecule has 0 aliphatic rings. The average molecular weight is 264 g/mol. The second kappa shape index (κ2) is 9.47. The topological polar surface area (TPSA) is 57.3 Å². The predicted octanol–water partition coefficient (Wildman–Crippen LogP) is 0.629. The van der Waals surface area contributed by atoms with Crippen molar-refractivity contribution in [1.29, 1.82) is 0 Å². The van der Waals surface area contributed by atoms with Gasteiger partial charge in [0.05, 0.1) is 0 Å². The van der Waals surface area contributed by atoms with E-state index in [1.165, 1.54) is 5.56 Å². The first kappa shape index (κ1) is 15.6. The van der Waals surface area contributed by atoms with Gasteiger partial charge in [0, 0.05) is 38.4 Å². The fourth-order valence-electron chi connectivity index (χ4n) is 1.59.